The molecule has 0 aliphatic heterocycles. The fourth-order valence-electron chi connectivity index (χ4n) is 1.99. The molecule has 106 valence electrons. The Morgan fingerprint density at radius 2 is 1.50 bits per heavy atom. The molecular formula is C16H19NO3. The molecule has 0 aliphatic carbocycles. The van der Waals surface area contributed by atoms with Gasteiger partial charge in [-0.1, -0.05) is 12.1 Å². The lowest BCUT2D eigenvalue weighted by molar-refractivity contribution is 0.394. The zero-order chi connectivity index (χ0) is 14.5. The van der Waals surface area contributed by atoms with Crippen LogP contribution in [0.15, 0.2) is 42.5 Å². The average molecular weight is 273 g/mol. The SMILES string of the molecule is COc1cc(NC(C)c2ccc(O)cc2)cc(OC)c1. The highest BCUT2D eigenvalue weighted by Crippen LogP contribution is 2.28. The molecule has 0 spiro atoms. The van der Waals surface area contributed by atoms with E-state index >= 15 is 0 Å². The van der Waals surface area contributed by atoms with E-state index in [-0.39, 0.29) is 11.8 Å². The molecule has 20 heavy (non-hydrogen) atoms. The first-order valence-corrected chi connectivity index (χ1v) is 6.41. The Bertz CT molecular complexity index is 544. The fraction of sp³-hybridized carbons (Fsp3) is 0.250. The summed E-state index contributed by atoms with van der Waals surface area (Å²) in [6.45, 7) is 2.05. The zero-order valence-electron chi connectivity index (χ0n) is 11.9. The maximum absolute atomic E-state index is 9.31. The summed E-state index contributed by atoms with van der Waals surface area (Å²) >= 11 is 0. The van der Waals surface area contributed by atoms with Gasteiger partial charge in [0.15, 0.2) is 0 Å². The Kier molecular flexibility index (Phi) is 4.35. The minimum atomic E-state index is 0.104. The van der Waals surface area contributed by atoms with E-state index in [1.165, 1.54) is 0 Å². The van der Waals surface area contributed by atoms with Crippen molar-refractivity contribution in [3.05, 3.63) is 48.0 Å². The third-order valence-corrected chi connectivity index (χ3v) is 3.13. The van der Waals surface area contributed by atoms with Crippen molar-refractivity contribution in [2.24, 2.45) is 0 Å². The summed E-state index contributed by atoms with van der Waals surface area (Å²) in [7, 11) is 3.25. The number of nitrogens with one attached hydrogen (secondary N) is 1. The number of aromatic hydroxyl groups is 1. The molecule has 0 bridgehead atoms. The topological polar surface area (TPSA) is 50.7 Å². The van der Waals surface area contributed by atoms with Gasteiger partial charge in [-0.2, -0.15) is 0 Å². The largest absolute Gasteiger partial charge is 0.508 e. The van der Waals surface area contributed by atoms with Gasteiger partial charge in [-0.05, 0) is 24.6 Å². The lowest BCUT2D eigenvalue weighted by Gasteiger charge is -2.17. The van der Waals surface area contributed by atoms with Crippen molar-refractivity contribution in [3.63, 3.8) is 0 Å². The van der Waals surface area contributed by atoms with Crippen LogP contribution in [0.5, 0.6) is 17.2 Å². The monoisotopic (exact) mass is 273 g/mol. The number of phenolic OH excluding ortho intramolecular Hbond substituents is 1. The van der Waals surface area contributed by atoms with Crippen LogP contribution >= 0.6 is 0 Å². The third-order valence-electron chi connectivity index (χ3n) is 3.13. The van der Waals surface area contributed by atoms with E-state index in [4.69, 9.17) is 9.47 Å². The predicted molar refractivity (Wildman–Crippen MR) is 79.7 cm³/mol. The Morgan fingerprint density at radius 1 is 0.950 bits per heavy atom. The molecule has 0 aliphatic rings. The smallest absolute Gasteiger partial charge is 0.124 e. The Morgan fingerprint density at radius 3 is 2.00 bits per heavy atom. The van der Waals surface area contributed by atoms with Crippen molar-refractivity contribution in [1.82, 2.24) is 0 Å². The van der Waals surface area contributed by atoms with Gasteiger partial charge in [0.2, 0.25) is 0 Å². The van der Waals surface area contributed by atoms with Gasteiger partial charge < -0.3 is 19.9 Å². The maximum atomic E-state index is 9.31. The summed E-state index contributed by atoms with van der Waals surface area (Å²) in [5, 5.41) is 12.7. The summed E-state index contributed by atoms with van der Waals surface area (Å²) in [5.41, 5.74) is 2.01. The van der Waals surface area contributed by atoms with Gasteiger partial charge in [0.25, 0.3) is 0 Å². The van der Waals surface area contributed by atoms with Crippen LogP contribution < -0.4 is 14.8 Å². The Balaban J connectivity index is 2.18. The van der Waals surface area contributed by atoms with E-state index in [1.807, 2.05) is 30.3 Å². The van der Waals surface area contributed by atoms with Crippen molar-refractivity contribution in [2.75, 3.05) is 19.5 Å². The first kappa shape index (κ1) is 14.1. The van der Waals surface area contributed by atoms with Gasteiger partial charge in [-0.3, -0.25) is 0 Å². The molecule has 2 rings (SSSR count). The van der Waals surface area contributed by atoms with Crippen LogP contribution in [0, 0.1) is 0 Å². The minimum Gasteiger partial charge on any atom is -0.508 e. The molecule has 0 aromatic heterocycles. The van der Waals surface area contributed by atoms with Crippen molar-refractivity contribution < 1.29 is 14.6 Å². The van der Waals surface area contributed by atoms with Gasteiger partial charge in [0, 0.05) is 29.9 Å². The number of benzene rings is 2. The van der Waals surface area contributed by atoms with Gasteiger partial charge in [0.05, 0.1) is 14.2 Å². The zero-order valence-corrected chi connectivity index (χ0v) is 11.9. The molecule has 1 atom stereocenters. The van der Waals surface area contributed by atoms with E-state index in [1.54, 1.807) is 26.4 Å². The van der Waals surface area contributed by atoms with Crippen molar-refractivity contribution >= 4 is 5.69 Å². The molecule has 4 nitrogen and oxygen atoms in total. The number of ether oxygens (including phenoxy) is 2. The molecule has 0 fully saturated rings. The number of methoxy groups -OCH3 is 2. The first-order valence-electron chi connectivity index (χ1n) is 6.41. The second-order valence-electron chi connectivity index (χ2n) is 4.56. The lowest BCUT2D eigenvalue weighted by atomic mass is 10.1. The van der Waals surface area contributed by atoms with Crippen LogP contribution in [0.1, 0.15) is 18.5 Å². The number of hydrogen-bond donors (Lipinski definition) is 2. The standard InChI is InChI=1S/C16H19NO3/c1-11(12-4-6-14(18)7-5-12)17-13-8-15(19-2)10-16(9-13)20-3/h4-11,17-18H,1-3H3. The van der Waals surface area contributed by atoms with Crippen LogP contribution in [0.3, 0.4) is 0 Å². The van der Waals surface area contributed by atoms with Crippen LogP contribution in [-0.2, 0) is 0 Å². The van der Waals surface area contributed by atoms with Gasteiger partial charge in [0.1, 0.15) is 17.2 Å². The number of anilines is 1. The highest BCUT2D eigenvalue weighted by atomic mass is 16.5. The Hall–Kier alpha value is -2.36. The molecule has 0 saturated carbocycles. The fourth-order valence-corrected chi connectivity index (χ4v) is 1.99. The summed E-state index contributed by atoms with van der Waals surface area (Å²) in [6, 6.07) is 12.9. The van der Waals surface area contributed by atoms with Crippen molar-refractivity contribution in [2.45, 2.75) is 13.0 Å². The van der Waals surface area contributed by atoms with E-state index in [2.05, 4.69) is 12.2 Å². The molecule has 2 aromatic rings. The van der Waals surface area contributed by atoms with Crippen LogP contribution in [0.25, 0.3) is 0 Å². The molecule has 2 N–H and O–H groups in total. The maximum Gasteiger partial charge on any atom is 0.124 e. The summed E-state index contributed by atoms with van der Waals surface area (Å²) in [4.78, 5) is 0. The average Bonchev–Trinajstić information content (AvgIpc) is 2.47. The molecule has 2 aromatic carbocycles. The van der Waals surface area contributed by atoms with E-state index in [9.17, 15) is 5.11 Å². The predicted octanol–water partition coefficient (Wildman–Crippen LogP) is 3.58. The van der Waals surface area contributed by atoms with Crippen LogP contribution in [0.4, 0.5) is 5.69 Å². The number of rotatable bonds is 5. The van der Waals surface area contributed by atoms with Crippen LogP contribution in [0.2, 0.25) is 0 Å². The number of hydrogen-bond acceptors (Lipinski definition) is 4. The van der Waals surface area contributed by atoms with E-state index < -0.39 is 0 Å². The van der Waals surface area contributed by atoms with Gasteiger partial charge >= 0.3 is 0 Å². The highest BCUT2D eigenvalue weighted by Gasteiger charge is 2.07. The first-order chi connectivity index (χ1) is 9.62. The molecule has 0 amide bonds. The number of phenols is 1. The molecule has 0 heterocycles. The van der Waals surface area contributed by atoms with Gasteiger partial charge in [-0.15, -0.1) is 0 Å². The van der Waals surface area contributed by atoms with Crippen LogP contribution in [-0.4, -0.2) is 19.3 Å². The quantitative estimate of drug-likeness (QED) is 0.874. The highest BCUT2D eigenvalue weighted by molar-refractivity contribution is 5.55. The van der Waals surface area contributed by atoms with Crippen molar-refractivity contribution in [3.8, 4) is 17.2 Å². The molecule has 1 unspecified atom stereocenters. The van der Waals surface area contributed by atoms with Gasteiger partial charge in [-0.25, -0.2) is 0 Å². The normalized spacial score (nSPS) is 11.8. The second kappa shape index (κ2) is 6.19. The van der Waals surface area contributed by atoms with E-state index in [0.717, 1.165) is 22.7 Å². The molecule has 0 radical (unpaired) electrons. The molecular weight excluding hydrogens is 254 g/mol. The minimum absolute atomic E-state index is 0.104. The van der Waals surface area contributed by atoms with Crippen molar-refractivity contribution in [1.29, 1.82) is 0 Å². The van der Waals surface area contributed by atoms with E-state index in [0.29, 0.717) is 0 Å². The summed E-state index contributed by atoms with van der Waals surface area (Å²) in [6.07, 6.45) is 0. The summed E-state index contributed by atoms with van der Waals surface area (Å²) in [5.74, 6) is 1.75. The summed E-state index contributed by atoms with van der Waals surface area (Å²) < 4.78 is 10.5. The third kappa shape index (κ3) is 3.35. The lowest BCUT2D eigenvalue weighted by Crippen LogP contribution is -2.06. The second-order valence-corrected chi connectivity index (χ2v) is 4.56. The Labute approximate surface area is 119 Å². The molecule has 0 saturated heterocycles. The molecule has 4 heteroatoms.